The summed E-state index contributed by atoms with van der Waals surface area (Å²) in [6, 6.07) is 13.2. The zero-order chi connectivity index (χ0) is 22.1. The monoisotopic (exact) mass is 422 g/mol. The van der Waals surface area contributed by atoms with Crippen LogP contribution in [0.1, 0.15) is 83.6 Å². The van der Waals surface area contributed by atoms with Gasteiger partial charge in [-0.25, -0.2) is 4.39 Å². The fraction of sp³-hybridized carbons (Fsp3) is 0.464. The van der Waals surface area contributed by atoms with E-state index in [2.05, 4.69) is 19.9 Å². The molecule has 0 heterocycles. The van der Waals surface area contributed by atoms with Crippen molar-refractivity contribution in [2.24, 2.45) is 0 Å². The number of halogens is 1. The van der Waals surface area contributed by atoms with Crippen LogP contribution < -0.4 is 4.74 Å². The minimum atomic E-state index is -0.228. The third-order valence-corrected chi connectivity index (χ3v) is 5.97. The molecule has 0 bridgehead atoms. The average Bonchev–Trinajstić information content (AvgIpc) is 2.76. The van der Waals surface area contributed by atoms with Crippen LogP contribution in [0.5, 0.6) is 5.75 Å². The summed E-state index contributed by atoms with van der Waals surface area (Å²) >= 11 is 0. The number of unbranched alkanes of at least 4 members (excludes halogenated alkanes) is 7. The predicted octanol–water partition coefficient (Wildman–Crippen LogP) is 8.52. The fourth-order valence-electron chi connectivity index (χ4n) is 4.17. The van der Waals surface area contributed by atoms with Crippen molar-refractivity contribution in [2.75, 3.05) is 0 Å². The molecule has 0 saturated heterocycles. The lowest BCUT2D eigenvalue weighted by Crippen LogP contribution is -2.07. The van der Waals surface area contributed by atoms with E-state index >= 15 is 0 Å². The zero-order valence-corrected chi connectivity index (χ0v) is 19.0. The van der Waals surface area contributed by atoms with Gasteiger partial charge < -0.3 is 4.74 Å². The summed E-state index contributed by atoms with van der Waals surface area (Å²) in [4.78, 5) is 12.0. The van der Waals surface area contributed by atoms with Crippen molar-refractivity contribution >= 4 is 27.5 Å². The molecular weight excluding hydrogens is 387 g/mol. The lowest BCUT2D eigenvalue weighted by atomic mass is 9.97. The Morgan fingerprint density at radius 2 is 1.48 bits per heavy atom. The summed E-state index contributed by atoms with van der Waals surface area (Å²) in [6.45, 7) is 4.33. The van der Waals surface area contributed by atoms with Crippen LogP contribution in [-0.2, 0) is 11.2 Å². The van der Waals surface area contributed by atoms with Gasteiger partial charge in [-0.15, -0.1) is 0 Å². The molecule has 0 atom stereocenters. The van der Waals surface area contributed by atoms with E-state index in [-0.39, 0.29) is 11.8 Å². The quantitative estimate of drug-likeness (QED) is 0.126. The van der Waals surface area contributed by atoms with Crippen LogP contribution in [0.25, 0.3) is 21.5 Å². The van der Waals surface area contributed by atoms with Crippen LogP contribution in [0.2, 0.25) is 0 Å². The first-order valence-corrected chi connectivity index (χ1v) is 12.0. The minimum absolute atomic E-state index is 0.223. The van der Waals surface area contributed by atoms with E-state index in [0.717, 1.165) is 48.3 Å². The summed E-state index contributed by atoms with van der Waals surface area (Å²) in [5.41, 5.74) is 1.19. The summed E-state index contributed by atoms with van der Waals surface area (Å²) in [5, 5.41) is 3.31. The summed E-state index contributed by atoms with van der Waals surface area (Å²) in [6.07, 6.45) is 11.9. The highest BCUT2D eigenvalue weighted by molar-refractivity contribution is 6.08. The molecule has 0 spiro atoms. The SMILES string of the molecule is CCCCCCCCc1ccc2c(c1)c(F)cc1cc(OC(=O)CCCCC)ccc12. The van der Waals surface area contributed by atoms with Crippen molar-refractivity contribution in [3.05, 3.63) is 53.8 Å². The molecule has 0 aliphatic heterocycles. The molecule has 0 saturated carbocycles. The maximum absolute atomic E-state index is 14.9. The third kappa shape index (κ3) is 6.53. The van der Waals surface area contributed by atoms with Crippen LogP contribution in [0.3, 0.4) is 0 Å². The van der Waals surface area contributed by atoms with Gasteiger partial charge >= 0.3 is 5.97 Å². The second-order valence-corrected chi connectivity index (χ2v) is 8.57. The number of carbonyl (C=O) groups excluding carboxylic acids is 1. The van der Waals surface area contributed by atoms with E-state index in [0.29, 0.717) is 17.6 Å². The van der Waals surface area contributed by atoms with Gasteiger partial charge in [0, 0.05) is 11.8 Å². The van der Waals surface area contributed by atoms with Crippen LogP contribution in [0.4, 0.5) is 4.39 Å². The number of hydrogen-bond acceptors (Lipinski definition) is 2. The van der Waals surface area contributed by atoms with E-state index in [9.17, 15) is 9.18 Å². The second-order valence-electron chi connectivity index (χ2n) is 8.57. The molecule has 0 aliphatic rings. The van der Waals surface area contributed by atoms with Gasteiger partial charge in [0.05, 0.1) is 0 Å². The summed E-state index contributed by atoms with van der Waals surface area (Å²) in [7, 11) is 0. The highest BCUT2D eigenvalue weighted by Gasteiger charge is 2.10. The number of aryl methyl sites for hydroxylation is 1. The average molecular weight is 423 g/mol. The molecule has 0 amide bonds. The van der Waals surface area contributed by atoms with Gasteiger partial charge in [0.1, 0.15) is 11.6 Å². The summed E-state index contributed by atoms with van der Waals surface area (Å²) < 4.78 is 20.4. The number of esters is 1. The molecule has 31 heavy (non-hydrogen) atoms. The molecule has 3 heteroatoms. The Kier molecular flexibility index (Phi) is 8.87. The summed E-state index contributed by atoms with van der Waals surface area (Å²) in [5.74, 6) is 0.0274. The number of benzene rings is 3. The van der Waals surface area contributed by atoms with Crippen molar-refractivity contribution in [3.63, 3.8) is 0 Å². The highest BCUT2D eigenvalue weighted by Crippen LogP contribution is 2.31. The maximum atomic E-state index is 14.9. The molecule has 0 fully saturated rings. The number of fused-ring (bicyclic) bond motifs is 3. The molecule has 2 nitrogen and oxygen atoms in total. The number of hydrogen-bond donors (Lipinski definition) is 0. The van der Waals surface area contributed by atoms with Crippen LogP contribution >= 0.6 is 0 Å². The number of carbonyl (C=O) groups is 1. The Balaban J connectivity index is 1.72. The topological polar surface area (TPSA) is 26.3 Å². The van der Waals surface area contributed by atoms with Gasteiger partial charge in [-0.2, -0.15) is 0 Å². The highest BCUT2D eigenvalue weighted by atomic mass is 19.1. The van der Waals surface area contributed by atoms with Gasteiger partial charge in [0.15, 0.2) is 0 Å². The fourth-order valence-corrected chi connectivity index (χ4v) is 4.17. The lowest BCUT2D eigenvalue weighted by Gasteiger charge is -2.10. The van der Waals surface area contributed by atoms with E-state index < -0.39 is 0 Å². The van der Waals surface area contributed by atoms with Crippen molar-refractivity contribution in [2.45, 2.75) is 84.5 Å². The Morgan fingerprint density at radius 3 is 2.29 bits per heavy atom. The normalized spacial score (nSPS) is 11.3. The molecule has 0 radical (unpaired) electrons. The standard InChI is InChI=1S/C28H35FO2/c1-3-5-7-8-9-11-12-21-14-16-25-24-17-15-23(31-28(30)13-10-6-4-2)19-22(24)20-27(29)26(25)18-21/h14-20H,3-13H2,1-2H3. The van der Waals surface area contributed by atoms with Crippen LogP contribution in [-0.4, -0.2) is 5.97 Å². The van der Waals surface area contributed by atoms with Crippen molar-refractivity contribution in [3.8, 4) is 5.75 Å². The Hall–Kier alpha value is -2.42. The molecule has 3 aromatic carbocycles. The third-order valence-electron chi connectivity index (χ3n) is 5.97. The maximum Gasteiger partial charge on any atom is 0.311 e. The first-order chi connectivity index (χ1) is 15.1. The smallest absolute Gasteiger partial charge is 0.311 e. The Labute approximate surface area is 185 Å². The molecule has 0 N–H and O–H groups in total. The molecule has 166 valence electrons. The van der Waals surface area contributed by atoms with Gasteiger partial charge in [-0.05, 0) is 65.3 Å². The Bertz CT molecular complexity index is 1010. The Morgan fingerprint density at radius 1 is 0.774 bits per heavy atom. The van der Waals surface area contributed by atoms with Crippen LogP contribution in [0.15, 0.2) is 42.5 Å². The molecule has 0 unspecified atom stereocenters. The molecule has 0 aliphatic carbocycles. The van der Waals surface area contributed by atoms with Crippen molar-refractivity contribution < 1.29 is 13.9 Å². The molecule has 3 aromatic rings. The van der Waals surface area contributed by atoms with Gasteiger partial charge in [-0.3, -0.25) is 4.79 Å². The van der Waals surface area contributed by atoms with Gasteiger partial charge in [-0.1, -0.05) is 77.0 Å². The zero-order valence-electron chi connectivity index (χ0n) is 19.0. The van der Waals surface area contributed by atoms with E-state index in [1.165, 1.54) is 37.7 Å². The van der Waals surface area contributed by atoms with Gasteiger partial charge in [0.2, 0.25) is 0 Å². The molecule has 3 rings (SSSR count). The second kappa shape index (κ2) is 11.8. The molecular formula is C28H35FO2. The minimum Gasteiger partial charge on any atom is -0.427 e. The van der Waals surface area contributed by atoms with Crippen molar-refractivity contribution in [1.82, 2.24) is 0 Å². The first kappa shape index (κ1) is 23.2. The lowest BCUT2D eigenvalue weighted by molar-refractivity contribution is -0.134. The number of ether oxygens (including phenoxy) is 1. The van der Waals surface area contributed by atoms with Gasteiger partial charge in [0.25, 0.3) is 0 Å². The van der Waals surface area contributed by atoms with E-state index in [1.807, 2.05) is 24.3 Å². The van der Waals surface area contributed by atoms with Crippen molar-refractivity contribution in [1.29, 1.82) is 0 Å². The molecule has 0 aromatic heterocycles. The predicted molar refractivity (Wildman–Crippen MR) is 128 cm³/mol. The van der Waals surface area contributed by atoms with E-state index in [4.69, 9.17) is 4.74 Å². The first-order valence-electron chi connectivity index (χ1n) is 12.0. The van der Waals surface area contributed by atoms with E-state index in [1.54, 1.807) is 12.1 Å². The number of rotatable bonds is 12. The largest absolute Gasteiger partial charge is 0.427 e. The van der Waals surface area contributed by atoms with Crippen LogP contribution in [0, 0.1) is 5.82 Å².